The van der Waals surface area contributed by atoms with Gasteiger partial charge in [0.15, 0.2) is 0 Å². The number of amides is 1. The lowest BCUT2D eigenvalue weighted by Gasteiger charge is -2.28. The first kappa shape index (κ1) is 15.5. The van der Waals surface area contributed by atoms with Gasteiger partial charge in [0.25, 0.3) is 0 Å². The van der Waals surface area contributed by atoms with E-state index in [-0.39, 0.29) is 5.91 Å². The molecule has 1 aliphatic rings. The van der Waals surface area contributed by atoms with E-state index >= 15 is 0 Å². The van der Waals surface area contributed by atoms with E-state index in [9.17, 15) is 4.79 Å². The van der Waals surface area contributed by atoms with Gasteiger partial charge in [0.05, 0.1) is 0 Å². The third-order valence-electron chi connectivity index (χ3n) is 3.85. The summed E-state index contributed by atoms with van der Waals surface area (Å²) in [5.74, 6) is 0.171. The third-order valence-corrected chi connectivity index (χ3v) is 4.74. The molecule has 0 spiro atoms. The summed E-state index contributed by atoms with van der Waals surface area (Å²) in [6.07, 6.45) is 3.44. The van der Waals surface area contributed by atoms with Crippen molar-refractivity contribution in [2.24, 2.45) is 0 Å². The van der Waals surface area contributed by atoms with Crippen molar-refractivity contribution in [3.05, 3.63) is 33.8 Å². The summed E-state index contributed by atoms with van der Waals surface area (Å²) in [5, 5.41) is 6.56. The van der Waals surface area contributed by atoms with Crippen LogP contribution < -0.4 is 10.6 Å². The number of hydrogen-bond acceptors (Lipinski definition) is 2. The molecule has 1 heterocycles. The fourth-order valence-electron chi connectivity index (χ4n) is 2.68. The van der Waals surface area contributed by atoms with Crippen molar-refractivity contribution in [3.63, 3.8) is 0 Å². The topological polar surface area (TPSA) is 41.1 Å². The molecule has 1 aromatic rings. The second kappa shape index (κ2) is 7.23. The molecule has 20 heavy (non-hydrogen) atoms. The van der Waals surface area contributed by atoms with E-state index in [1.807, 2.05) is 0 Å². The average molecular weight is 339 g/mol. The van der Waals surface area contributed by atoms with Crippen LogP contribution in [0.5, 0.6) is 0 Å². The Labute approximate surface area is 129 Å². The Bertz CT molecular complexity index is 476. The Hall–Kier alpha value is -0.870. The summed E-state index contributed by atoms with van der Waals surface area (Å²) in [4.78, 5) is 12.0. The molecule has 1 aromatic carbocycles. The van der Waals surface area contributed by atoms with Crippen LogP contribution in [0.3, 0.4) is 0 Å². The molecule has 1 amide bonds. The highest BCUT2D eigenvalue weighted by Crippen LogP contribution is 2.18. The third kappa shape index (κ3) is 4.60. The van der Waals surface area contributed by atoms with Gasteiger partial charge in [-0.2, -0.15) is 0 Å². The Kier molecular flexibility index (Phi) is 5.61. The zero-order valence-corrected chi connectivity index (χ0v) is 13.8. The van der Waals surface area contributed by atoms with Gasteiger partial charge in [-0.25, -0.2) is 0 Å². The maximum atomic E-state index is 12.0. The van der Waals surface area contributed by atoms with E-state index in [4.69, 9.17) is 0 Å². The van der Waals surface area contributed by atoms with E-state index in [1.54, 1.807) is 0 Å². The monoisotopic (exact) mass is 338 g/mol. The van der Waals surface area contributed by atoms with Crippen molar-refractivity contribution >= 4 is 21.8 Å². The molecule has 0 aromatic heterocycles. The SMILES string of the molecule is Cc1cc(CCC(=O)NC2CCNC(C)C2)ccc1Br. The molecule has 4 heteroatoms. The molecule has 0 bridgehead atoms. The maximum absolute atomic E-state index is 12.0. The van der Waals surface area contributed by atoms with E-state index < -0.39 is 0 Å². The minimum absolute atomic E-state index is 0.171. The number of halogens is 1. The summed E-state index contributed by atoms with van der Waals surface area (Å²) >= 11 is 3.50. The summed E-state index contributed by atoms with van der Waals surface area (Å²) < 4.78 is 1.12. The first-order valence-corrected chi connectivity index (χ1v) is 8.11. The van der Waals surface area contributed by atoms with Crippen LogP contribution in [-0.4, -0.2) is 24.5 Å². The zero-order chi connectivity index (χ0) is 14.5. The normalized spacial score (nSPS) is 22.6. The van der Waals surface area contributed by atoms with Crippen molar-refractivity contribution in [2.75, 3.05) is 6.54 Å². The van der Waals surface area contributed by atoms with E-state index in [0.29, 0.717) is 18.5 Å². The number of piperidine rings is 1. The molecular formula is C16H23BrN2O. The van der Waals surface area contributed by atoms with E-state index in [1.165, 1.54) is 11.1 Å². The number of aryl methyl sites for hydroxylation is 2. The van der Waals surface area contributed by atoms with Crippen LogP contribution in [0.4, 0.5) is 0 Å². The van der Waals surface area contributed by atoms with Gasteiger partial charge in [-0.3, -0.25) is 4.79 Å². The van der Waals surface area contributed by atoms with Crippen molar-refractivity contribution in [1.29, 1.82) is 0 Å². The fraction of sp³-hybridized carbons (Fsp3) is 0.562. The van der Waals surface area contributed by atoms with Crippen molar-refractivity contribution in [1.82, 2.24) is 10.6 Å². The number of carbonyl (C=O) groups excluding carboxylic acids is 1. The molecule has 0 aliphatic carbocycles. The van der Waals surface area contributed by atoms with Crippen LogP contribution in [0.15, 0.2) is 22.7 Å². The predicted molar refractivity (Wildman–Crippen MR) is 85.8 cm³/mol. The number of rotatable bonds is 4. The van der Waals surface area contributed by atoms with Crippen LogP contribution in [0, 0.1) is 6.92 Å². The van der Waals surface area contributed by atoms with Crippen LogP contribution >= 0.6 is 15.9 Å². The Morgan fingerprint density at radius 3 is 3.00 bits per heavy atom. The Morgan fingerprint density at radius 1 is 1.50 bits per heavy atom. The second-order valence-electron chi connectivity index (χ2n) is 5.73. The van der Waals surface area contributed by atoms with Crippen LogP contribution in [0.1, 0.15) is 37.3 Å². The highest BCUT2D eigenvalue weighted by atomic mass is 79.9. The van der Waals surface area contributed by atoms with Gasteiger partial charge in [0, 0.05) is 23.0 Å². The molecule has 2 atom stereocenters. The van der Waals surface area contributed by atoms with Crippen molar-refractivity contribution in [2.45, 2.75) is 51.6 Å². The Morgan fingerprint density at radius 2 is 2.30 bits per heavy atom. The van der Waals surface area contributed by atoms with Gasteiger partial charge in [-0.1, -0.05) is 28.1 Å². The number of benzene rings is 1. The molecule has 2 rings (SSSR count). The first-order valence-electron chi connectivity index (χ1n) is 7.32. The van der Waals surface area contributed by atoms with Gasteiger partial charge >= 0.3 is 0 Å². The van der Waals surface area contributed by atoms with E-state index in [2.05, 4.69) is 58.6 Å². The van der Waals surface area contributed by atoms with Crippen LogP contribution in [0.25, 0.3) is 0 Å². The molecule has 0 saturated carbocycles. The van der Waals surface area contributed by atoms with Gasteiger partial charge in [0.2, 0.25) is 5.91 Å². The number of hydrogen-bond donors (Lipinski definition) is 2. The molecule has 1 fully saturated rings. The maximum Gasteiger partial charge on any atom is 0.220 e. The lowest BCUT2D eigenvalue weighted by molar-refractivity contribution is -0.122. The highest BCUT2D eigenvalue weighted by molar-refractivity contribution is 9.10. The minimum atomic E-state index is 0.171. The summed E-state index contributed by atoms with van der Waals surface area (Å²) in [6.45, 7) is 5.24. The number of carbonyl (C=O) groups is 1. The fourth-order valence-corrected chi connectivity index (χ4v) is 2.93. The van der Waals surface area contributed by atoms with Gasteiger partial charge in [0.1, 0.15) is 0 Å². The molecule has 1 aliphatic heterocycles. The van der Waals surface area contributed by atoms with Gasteiger partial charge in [-0.05, 0) is 56.8 Å². The predicted octanol–water partition coefficient (Wildman–Crippen LogP) is 2.95. The van der Waals surface area contributed by atoms with Gasteiger partial charge in [-0.15, -0.1) is 0 Å². The van der Waals surface area contributed by atoms with Crippen LogP contribution in [0.2, 0.25) is 0 Å². The molecular weight excluding hydrogens is 316 g/mol. The van der Waals surface area contributed by atoms with E-state index in [0.717, 1.165) is 30.3 Å². The summed E-state index contributed by atoms with van der Waals surface area (Å²) in [7, 11) is 0. The smallest absolute Gasteiger partial charge is 0.220 e. The summed E-state index contributed by atoms with van der Waals surface area (Å²) in [6, 6.07) is 7.12. The van der Waals surface area contributed by atoms with Crippen LogP contribution in [-0.2, 0) is 11.2 Å². The lowest BCUT2D eigenvalue weighted by Crippen LogP contribution is -2.46. The minimum Gasteiger partial charge on any atom is -0.353 e. The average Bonchev–Trinajstić information content (AvgIpc) is 2.40. The number of nitrogens with one attached hydrogen (secondary N) is 2. The first-order chi connectivity index (χ1) is 9.54. The summed E-state index contributed by atoms with van der Waals surface area (Å²) in [5.41, 5.74) is 2.44. The quantitative estimate of drug-likeness (QED) is 0.886. The largest absolute Gasteiger partial charge is 0.353 e. The molecule has 3 nitrogen and oxygen atoms in total. The van der Waals surface area contributed by atoms with Crippen molar-refractivity contribution in [3.8, 4) is 0 Å². The van der Waals surface area contributed by atoms with Crippen molar-refractivity contribution < 1.29 is 4.79 Å². The second-order valence-corrected chi connectivity index (χ2v) is 6.58. The molecule has 2 N–H and O–H groups in total. The lowest BCUT2D eigenvalue weighted by atomic mass is 10.00. The molecule has 0 radical (unpaired) electrons. The molecule has 2 unspecified atom stereocenters. The molecule has 1 saturated heterocycles. The standard InChI is InChI=1S/C16H23BrN2O/c1-11-9-13(3-5-15(11)17)4-6-16(20)19-14-7-8-18-12(2)10-14/h3,5,9,12,14,18H,4,6-8,10H2,1-2H3,(H,19,20). The zero-order valence-electron chi connectivity index (χ0n) is 12.2. The highest BCUT2D eigenvalue weighted by Gasteiger charge is 2.19. The van der Waals surface area contributed by atoms with Gasteiger partial charge < -0.3 is 10.6 Å². The molecule has 110 valence electrons. The Balaban J connectivity index is 1.78.